The maximum atomic E-state index is 5.96. The van der Waals surface area contributed by atoms with E-state index in [0.717, 1.165) is 30.3 Å². The monoisotopic (exact) mass is 337 g/mol. The first-order chi connectivity index (χ1) is 12.2. The minimum absolute atomic E-state index is 0.555. The summed E-state index contributed by atoms with van der Waals surface area (Å²) in [7, 11) is 0. The Hall–Kier alpha value is -1.97. The standard InChI is InChI=1S/C21H27N3O/c1-14-12-22-15(2)23-21(14)25-13-17-11-18(17)20-10-9-16-7-5-3-4-6-8-19(16)24-20/h9-10,12,17-18H,3-8,11,13H2,1-2H3/t17-,18+/m1/s1. The second-order valence-electron chi connectivity index (χ2n) is 7.57. The van der Waals surface area contributed by atoms with Crippen molar-refractivity contribution in [2.45, 2.75) is 64.7 Å². The van der Waals surface area contributed by atoms with Crippen LogP contribution in [-0.2, 0) is 12.8 Å². The van der Waals surface area contributed by atoms with Crippen molar-refractivity contribution in [3.8, 4) is 5.88 Å². The maximum Gasteiger partial charge on any atom is 0.219 e. The molecule has 132 valence electrons. The fraction of sp³-hybridized carbons (Fsp3) is 0.571. The Morgan fingerprint density at radius 3 is 2.76 bits per heavy atom. The molecule has 2 aliphatic rings. The summed E-state index contributed by atoms with van der Waals surface area (Å²) < 4.78 is 5.96. The van der Waals surface area contributed by atoms with Crippen molar-refractivity contribution in [1.82, 2.24) is 15.0 Å². The van der Waals surface area contributed by atoms with E-state index in [9.17, 15) is 0 Å². The Balaban J connectivity index is 1.39. The van der Waals surface area contributed by atoms with E-state index in [1.54, 1.807) is 0 Å². The molecule has 1 fully saturated rings. The van der Waals surface area contributed by atoms with Crippen LogP contribution in [0.5, 0.6) is 5.88 Å². The number of aromatic nitrogens is 3. The molecule has 0 aliphatic heterocycles. The van der Waals surface area contributed by atoms with Crippen molar-refractivity contribution in [3.63, 3.8) is 0 Å². The third-order valence-electron chi connectivity index (χ3n) is 5.48. The van der Waals surface area contributed by atoms with Gasteiger partial charge in [0.1, 0.15) is 5.82 Å². The molecule has 4 heteroatoms. The molecule has 2 aromatic heterocycles. The molecule has 2 aromatic rings. The van der Waals surface area contributed by atoms with Gasteiger partial charge >= 0.3 is 0 Å². The summed E-state index contributed by atoms with van der Waals surface area (Å²) >= 11 is 0. The van der Waals surface area contributed by atoms with Crippen LogP contribution in [0.1, 0.15) is 66.4 Å². The van der Waals surface area contributed by atoms with Gasteiger partial charge in [-0.1, -0.05) is 18.9 Å². The molecule has 0 spiro atoms. The Morgan fingerprint density at radius 2 is 1.88 bits per heavy atom. The lowest BCUT2D eigenvalue weighted by molar-refractivity contribution is 0.282. The lowest BCUT2D eigenvalue weighted by Crippen LogP contribution is -2.07. The van der Waals surface area contributed by atoms with Gasteiger partial charge in [0, 0.05) is 35.0 Å². The number of fused-ring (bicyclic) bond motifs is 1. The Bertz CT molecular complexity index is 759. The van der Waals surface area contributed by atoms with Crippen LogP contribution < -0.4 is 4.74 Å². The fourth-order valence-electron chi connectivity index (χ4n) is 3.79. The molecule has 0 saturated heterocycles. The van der Waals surface area contributed by atoms with E-state index in [0.29, 0.717) is 11.8 Å². The number of hydrogen-bond donors (Lipinski definition) is 0. The summed E-state index contributed by atoms with van der Waals surface area (Å²) in [5.41, 5.74) is 5.10. The molecule has 2 heterocycles. The van der Waals surface area contributed by atoms with Crippen molar-refractivity contribution in [3.05, 3.63) is 46.7 Å². The van der Waals surface area contributed by atoms with Crippen molar-refractivity contribution in [1.29, 1.82) is 0 Å². The molecule has 25 heavy (non-hydrogen) atoms. The Labute approximate surface area is 150 Å². The summed E-state index contributed by atoms with van der Waals surface area (Å²) in [6.07, 6.45) is 10.7. The molecule has 0 bridgehead atoms. The molecular formula is C21H27N3O. The second kappa shape index (κ2) is 7.11. The summed E-state index contributed by atoms with van der Waals surface area (Å²) in [6.45, 7) is 4.62. The smallest absolute Gasteiger partial charge is 0.219 e. The summed E-state index contributed by atoms with van der Waals surface area (Å²) in [5, 5.41) is 0. The molecule has 2 aliphatic carbocycles. The average Bonchev–Trinajstić information content (AvgIpc) is 3.36. The van der Waals surface area contributed by atoms with Crippen molar-refractivity contribution >= 4 is 0 Å². The predicted octanol–water partition coefficient (Wildman–Crippen LogP) is 4.33. The van der Waals surface area contributed by atoms with Crippen molar-refractivity contribution in [2.24, 2.45) is 5.92 Å². The average molecular weight is 337 g/mol. The number of nitrogens with zero attached hydrogens (tertiary/aromatic N) is 3. The number of aryl methyl sites for hydroxylation is 4. The van der Waals surface area contributed by atoms with Gasteiger partial charge in [-0.3, -0.25) is 4.98 Å². The van der Waals surface area contributed by atoms with Gasteiger partial charge in [0.05, 0.1) is 6.61 Å². The highest BCUT2D eigenvalue weighted by atomic mass is 16.5. The zero-order valence-electron chi connectivity index (χ0n) is 15.3. The maximum absolute atomic E-state index is 5.96. The van der Waals surface area contributed by atoms with E-state index in [1.807, 2.05) is 20.0 Å². The summed E-state index contributed by atoms with van der Waals surface area (Å²) in [5.74, 6) is 2.60. The van der Waals surface area contributed by atoms with E-state index in [2.05, 4.69) is 22.1 Å². The van der Waals surface area contributed by atoms with Crippen LogP contribution in [0.4, 0.5) is 0 Å². The highest BCUT2D eigenvalue weighted by Crippen LogP contribution is 2.47. The first-order valence-corrected chi connectivity index (χ1v) is 9.62. The first kappa shape index (κ1) is 16.5. The van der Waals surface area contributed by atoms with Crippen LogP contribution >= 0.6 is 0 Å². The minimum atomic E-state index is 0.555. The first-order valence-electron chi connectivity index (χ1n) is 9.62. The van der Waals surface area contributed by atoms with Gasteiger partial charge in [0.15, 0.2) is 0 Å². The van der Waals surface area contributed by atoms with Gasteiger partial charge in [-0.15, -0.1) is 0 Å². The Morgan fingerprint density at radius 1 is 1.04 bits per heavy atom. The summed E-state index contributed by atoms with van der Waals surface area (Å²) in [4.78, 5) is 13.6. The van der Waals surface area contributed by atoms with Gasteiger partial charge in [-0.2, -0.15) is 4.98 Å². The van der Waals surface area contributed by atoms with E-state index >= 15 is 0 Å². The highest BCUT2D eigenvalue weighted by molar-refractivity contribution is 5.29. The predicted molar refractivity (Wildman–Crippen MR) is 98.0 cm³/mol. The van der Waals surface area contributed by atoms with Crippen LogP contribution in [0.15, 0.2) is 18.3 Å². The van der Waals surface area contributed by atoms with Gasteiger partial charge in [0.25, 0.3) is 0 Å². The van der Waals surface area contributed by atoms with Crippen LogP contribution in [-0.4, -0.2) is 21.6 Å². The van der Waals surface area contributed by atoms with E-state index in [-0.39, 0.29) is 0 Å². The van der Waals surface area contributed by atoms with E-state index in [4.69, 9.17) is 9.72 Å². The van der Waals surface area contributed by atoms with Gasteiger partial charge in [-0.25, -0.2) is 4.98 Å². The summed E-state index contributed by atoms with van der Waals surface area (Å²) in [6, 6.07) is 4.59. The molecule has 0 unspecified atom stereocenters. The number of ether oxygens (including phenoxy) is 1. The van der Waals surface area contributed by atoms with E-state index < -0.39 is 0 Å². The number of pyridine rings is 1. The second-order valence-corrected chi connectivity index (χ2v) is 7.57. The topological polar surface area (TPSA) is 47.9 Å². The molecule has 0 N–H and O–H groups in total. The van der Waals surface area contributed by atoms with Crippen LogP contribution in [0.25, 0.3) is 0 Å². The fourth-order valence-corrected chi connectivity index (χ4v) is 3.79. The van der Waals surface area contributed by atoms with Crippen molar-refractivity contribution in [2.75, 3.05) is 6.61 Å². The third-order valence-corrected chi connectivity index (χ3v) is 5.48. The zero-order chi connectivity index (χ0) is 17.2. The minimum Gasteiger partial charge on any atom is -0.477 e. The molecule has 2 atom stereocenters. The van der Waals surface area contributed by atoms with Crippen LogP contribution in [0.2, 0.25) is 0 Å². The number of rotatable bonds is 4. The largest absolute Gasteiger partial charge is 0.477 e. The van der Waals surface area contributed by atoms with Crippen molar-refractivity contribution < 1.29 is 4.74 Å². The van der Waals surface area contributed by atoms with Crippen LogP contribution in [0, 0.1) is 19.8 Å². The highest BCUT2D eigenvalue weighted by Gasteiger charge is 2.40. The lowest BCUT2D eigenvalue weighted by Gasteiger charge is -2.14. The molecule has 0 aromatic carbocycles. The zero-order valence-corrected chi connectivity index (χ0v) is 15.3. The van der Waals surface area contributed by atoms with E-state index in [1.165, 1.54) is 55.5 Å². The Kier molecular flexibility index (Phi) is 4.69. The number of hydrogen-bond acceptors (Lipinski definition) is 4. The normalized spacial score (nSPS) is 22.6. The van der Waals surface area contributed by atoms with Gasteiger partial charge in [-0.05, 0) is 57.6 Å². The molecule has 4 rings (SSSR count). The lowest BCUT2D eigenvalue weighted by atomic mass is 9.96. The molecule has 0 amide bonds. The van der Waals surface area contributed by atoms with Gasteiger partial charge < -0.3 is 4.74 Å². The quantitative estimate of drug-likeness (QED) is 0.833. The third kappa shape index (κ3) is 3.83. The SMILES string of the molecule is Cc1ncc(C)c(OC[C@H]2C[C@@H]2c2ccc3c(n2)CCCCCC3)n1. The van der Waals surface area contributed by atoms with Gasteiger partial charge in [0.2, 0.25) is 5.88 Å². The molecule has 1 saturated carbocycles. The van der Waals surface area contributed by atoms with Crippen LogP contribution in [0.3, 0.4) is 0 Å². The molecule has 4 nitrogen and oxygen atoms in total. The molecular weight excluding hydrogens is 310 g/mol. The molecule has 0 radical (unpaired) electrons.